The third-order valence-electron chi connectivity index (χ3n) is 8.99. The Kier molecular flexibility index (Phi) is 14.2. The summed E-state index contributed by atoms with van der Waals surface area (Å²) in [4.78, 5) is 25.3. The second-order valence-electron chi connectivity index (χ2n) is 17.7. The Labute approximate surface area is 292 Å². The highest BCUT2D eigenvalue weighted by Crippen LogP contribution is 2.41. The van der Waals surface area contributed by atoms with Gasteiger partial charge in [0.1, 0.15) is 17.6 Å². The van der Waals surface area contributed by atoms with Crippen LogP contribution in [0.2, 0.25) is 0 Å². The Bertz CT molecular complexity index is 1300. The molecule has 2 aromatic rings. The van der Waals surface area contributed by atoms with Crippen LogP contribution in [0.15, 0.2) is 24.3 Å². The Morgan fingerprint density at radius 3 is 1.33 bits per heavy atom. The topological polar surface area (TPSA) is 93.1 Å². The SMILES string of the molecule is CCC(CCCCCOC(=O)CCc1cc(C(C)(C)C)c(O)c(C(C)(C)C)c1)OC(=O)CCc1cc(C(C)(C)C)c(O)c(C(C)(C)C)c1. The van der Waals surface area contributed by atoms with Crippen LogP contribution < -0.4 is 0 Å². The van der Waals surface area contributed by atoms with Gasteiger partial charge in [0.15, 0.2) is 0 Å². The molecule has 1 unspecified atom stereocenters. The lowest BCUT2D eigenvalue weighted by molar-refractivity contribution is -0.149. The molecule has 0 amide bonds. The predicted molar refractivity (Wildman–Crippen MR) is 197 cm³/mol. The molecule has 1 atom stereocenters. The van der Waals surface area contributed by atoms with Gasteiger partial charge < -0.3 is 19.7 Å². The van der Waals surface area contributed by atoms with Crippen LogP contribution in [0, 0.1) is 0 Å². The number of hydrogen-bond acceptors (Lipinski definition) is 6. The van der Waals surface area contributed by atoms with Crippen LogP contribution in [-0.2, 0) is 53.6 Å². The number of phenols is 2. The summed E-state index contributed by atoms with van der Waals surface area (Å²) in [7, 11) is 0. The van der Waals surface area contributed by atoms with Crippen molar-refractivity contribution in [3.05, 3.63) is 57.6 Å². The minimum Gasteiger partial charge on any atom is -0.507 e. The predicted octanol–water partition coefficient (Wildman–Crippen LogP) is 10.3. The van der Waals surface area contributed by atoms with Crippen LogP contribution in [0.25, 0.3) is 0 Å². The van der Waals surface area contributed by atoms with Crippen molar-refractivity contribution in [3.63, 3.8) is 0 Å². The maximum atomic E-state index is 12.8. The summed E-state index contributed by atoms with van der Waals surface area (Å²) in [5.74, 6) is 0.285. The summed E-state index contributed by atoms with van der Waals surface area (Å²) < 4.78 is 11.4. The molecule has 0 spiro atoms. The smallest absolute Gasteiger partial charge is 0.306 e. The Morgan fingerprint density at radius 1 is 0.604 bits per heavy atom. The summed E-state index contributed by atoms with van der Waals surface area (Å²) in [6, 6.07) is 8.10. The van der Waals surface area contributed by atoms with E-state index < -0.39 is 0 Å². The lowest BCUT2D eigenvalue weighted by Gasteiger charge is -2.28. The van der Waals surface area contributed by atoms with Crippen LogP contribution in [0.1, 0.15) is 168 Å². The van der Waals surface area contributed by atoms with Crippen molar-refractivity contribution >= 4 is 11.9 Å². The molecule has 6 nitrogen and oxygen atoms in total. The lowest BCUT2D eigenvalue weighted by Crippen LogP contribution is -2.19. The highest BCUT2D eigenvalue weighted by molar-refractivity contribution is 5.70. The van der Waals surface area contributed by atoms with E-state index in [2.05, 4.69) is 83.1 Å². The van der Waals surface area contributed by atoms with Crippen molar-refractivity contribution < 1.29 is 29.3 Å². The van der Waals surface area contributed by atoms with E-state index in [0.29, 0.717) is 43.8 Å². The van der Waals surface area contributed by atoms with Gasteiger partial charge in [-0.2, -0.15) is 0 Å². The average molecular weight is 667 g/mol. The Balaban J connectivity index is 1.80. The van der Waals surface area contributed by atoms with Gasteiger partial charge in [0, 0.05) is 12.8 Å². The van der Waals surface area contributed by atoms with Gasteiger partial charge in [0.25, 0.3) is 0 Å². The molecule has 6 heteroatoms. The molecule has 2 N–H and O–H groups in total. The van der Waals surface area contributed by atoms with Crippen molar-refractivity contribution in [1.29, 1.82) is 0 Å². The summed E-state index contributed by atoms with van der Waals surface area (Å²) in [6.07, 6.45) is 5.69. The highest BCUT2D eigenvalue weighted by atomic mass is 16.5. The van der Waals surface area contributed by atoms with E-state index >= 15 is 0 Å². The zero-order valence-electron chi connectivity index (χ0n) is 32.5. The second kappa shape index (κ2) is 16.6. The molecule has 2 rings (SSSR count). The van der Waals surface area contributed by atoms with Gasteiger partial charge in [-0.1, -0.05) is 114 Å². The number of ether oxygens (including phenoxy) is 2. The fourth-order valence-corrected chi connectivity index (χ4v) is 5.96. The number of hydrogen-bond donors (Lipinski definition) is 2. The largest absolute Gasteiger partial charge is 0.507 e. The number of aryl methyl sites for hydroxylation is 2. The van der Waals surface area contributed by atoms with Gasteiger partial charge in [0.2, 0.25) is 0 Å². The fraction of sp³-hybridized carbons (Fsp3) is 0.667. The second-order valence-corrected chi connectivity index (χ2v) is 17.7. The fourth-order valence-electron chi connectivity index (χ4n) is 5.96. The molecule has 0 saturated heterocycles. The third-order valence-corrected chi connectivity index (χ3v) is 8.99. The molecule has 0 heterocycles. The zero-order valence-corrected chi connectivity index (χ0v) is 32.5. The molecular formula is C42H66O6. The van der Waals surface area contributed by atoms with Crippen molar-refractivity contribution in [2.24, 2.45) is 0 Å². The van der Waals surface area contributed by atoms with Gasteiger partial charge in [-0.05, 0) is 100.0 Å². The zero-order chi connectivity index (χ0) is 36.7. The number of carbonyl (C=O) groups excluding carboxylic acids is 2. The average Bonchev–Trinajstić information content (AvgIpc) is 2.94. The van der Waals surface area contributed by atoms with Crippen LogP contribution in [0.5, 0.6) is 11.5 Å². The van der Waals surface area contributed by atoms with Gasteiger partial charge in [-0.25, -0.2) is 0 Å². The first-order valence-corrected chi connectivity index (χ1v) is 18.0. The van der Waals surface area contributed by atoms with Gasteiger partial charge in [-0.3, -0.25) is 9.59 Å². The monoisotopic (exact) mass is 666 g/mol. The summed E-state index contributed by atoms with van der Waals surface area (Å²) in [5, 5.41) is 21.9. The van der Waals surface area contributed by atoms with Crippen LogP contribution >= 0.6 is 0 Å². The highest BCUT2D eigenvalue weighted by Gasteiger charge is 2.28. The summed E-state index contributed by atoms with van der Waals surface area (Å²) in [6.45, 7) is 27.5. The standard InChI is InChI=1S/C42H66O6/c1-14-30(48-36(44)22-20-29-26-33(41(8,9)10)38(46)34(27-29)42(11,12)13)18-16-15-17-23-47-35(43)21-19-28-24-31(39(2,3)4)37(45)32(25-28)40(5,6)7/h24-27,30,45-46H,14-23H2,1-13H3. The number of carbonyl (C=O) groups is 2. The Morgan fingerprint density at radius 2 is 0.979 bits per heavy atom. The summed E-state index contributed by atoms with van der Waals surface area (Å²) in [5.41, 5.74) is 4.82. The number of unbranched alkanes of at least 4 members (excludes halogenated alkanes) is 2. The van der Waals surface area contributed by atoms with E-state index in [1.54, 1.807) is 0 Å². The molecular weight excluding hydrogens is 600 g/mol. The van der Waals surface area contributed by atoms with E-state index in [9.17, 15) is 19.8 Å². The lowest BCUT2D eigenvalue weighted by atomic mass is 9.78. The normalized spacial score (nSPS) is 13.4. The number of esters is 2. The van der Waals surface area contributed by atoms with Crippen LogP contribution in [-0.4, -0.2) is 34.9 Å². The van der Waals surface area contributed by atoms with Gasteiger partial charge in [-0.15, -0.1) is 0 Å². The van der Waals surface area contributed by atoms with Crippen LogP contribution in [0.3, 0.4) is 0 Å². The summed E-state index contributed by atoms with van der Waals surface area (Å²) >= 11 is 0. The maximum Gasteiger partial charge on any atom is 0.306 e. The Hall–Kier alpha value is -3.02. The third kappa shape index (κ3) is 12.5. The van der Waals surface area contributed by atoms with E-state index in [0.717, 1.165) is 65.5 Å². The van der Waals surface area contributed by atoms with E-state index in [4.69, 9.17) is 9.47 Å². The number of benzene rings is 2. The first-order chi connectivity index (χ1) is 21.9. The van der Waals surface area contributed by atoms with Crippen molar-refractivity contribution in [2.75, 3.05) is 6.61 Å². The molecule has 0 radical (unpaired) electrons. The van der Waals surface area contributed by atoms with Crippen molar-refractivity contribution in [3.8, 4) is 11.5 Å². The molecule has 270 valence electrons. The first kappa shape index (κ1) is 41.2. The van der Waals surface area contributed by atoms with E-state index in [1.807, 2.05) is 31.2 Å². The molecule has 0 aliphatic rings. The van der Waals surface area contributed by atoms with Crippen molar-refractivity contribution in [2.45, 2.75) is 176 Å². The molecule has 0 bridgehead atoms. The number of phenolic OH excluding ortho intramolecular Hbond substituents is 2. The number of rotatable bonds is 14. The minimum atomic E-state index is -0.215. The molecule has 48 heavy (non-hydrogen) atoms. The molecule has 0 aliphatic carbocycles. The quantitative estimate of drug-likeness (QED) is 0.154. The molecule has 0 saturated carbocycles. The number of aromatic hydroxyl groups is 2. The molecule has 0 aromatic heterocycles. The van der Waals surface area contributed by atoms with Crippen LogP contribution in [0.4, 0.5) is 0 Å². The molecule has 0 fully saturated rings. The van der Waals surface area contributed by atoms with Gasteiger partial charge >= 0.3 is 11.9 Å². The first-order valence-electron chi connectivity index (χ1n) is 18.0. The molecule has 0 aliphatic heterocycles. The van der Waals surface area contributed by atoms with E-state index in [1.165, 1.54) is 0 Å². The minimum absolute atomic E-state index is 0.128. The maximum absolute atomic E-state index is 12.8. The molecule has 2 aromatic carbocycles. The van der Waals surface area contributed by atoms with Gasteiger partial charge in [0.05, 0.1) is 6.61 Å². The van der Waals surface area contributed by atoms with E-state index in [-0.39, 0.29) is 39.7 Å². The van der Waals surface area contributed by atoms with Crippen molar-refractivity contribution in [1.82, 2.24) is 0 Å².